The maximum atomic E-state index is 11.6. The van der Waals surface area contributed by atoms with Crippen LogP contribution in [0.2, 0.25) is 0 Å². The highest BCUT2D eigenvalue weighted by Crippen LogP contribution is 2.31. The molecule has 0 aliphatic carbocycles. The lowest BCUT2D eigenvalue weighted by Gasteiger charge is -2.45. The van der Waals surface area contributed by atoms with Crippen LogP contribution in [0.4, 0.5) is 0 Å². The lowest BCUT2D eigenvalue weighted by molar-refractivity contribution is -0.333. The molecule has 1 saturated heterocycles. The Morgan fingerprint density at radius 1 is 1.21 bits per heavy atom. The van der Waals surface area contributed by atoms with Crippen LogP contribution in [0, 0.1) is 0 Å². The van der Waals surface area contributed by atoms with Crippen molar-refractivity contribution in [2.45, 2.75) is 82.9 Å². The second-order valence-corrected chi connectivity index (χ2v) is 7.50. The molecule has 0 unspecified atom stereocenters. The number of hydrogen-bond donors (Lipinski definition) is 3. The Morgan fingerprint density at radius 3 is 2.31 bits per heavy atom. The first-order chi connectivity index (χ1) is 13.4. The molecule has 3 N–H and O–H groups in total. The van der Waals surface area contributed by atoms with Gasteiger partial charge in [0.05, 0.1) is 6.61 Å². The number of hydrogen-bond acceptors (Lipinski definition) is 9. The Morgan fingerprint density at radius 2 is 1.83 bits per heavy atom. The van der Waals surface area contributed by atoms with Crippen molar-refractivity contribution in [1.82, 2.24) is 0 Å². The van der Waals surface area contributed by atoms with Crippen molar-refractivity contribution in [3.63, 3.8) is 0 Å². The van der Waals surface area contributed by atoms with Gasteiger partial charge in [-0.2, -0.15) is 0 Å². The number of aliphatic hydroxyl groups is 3. The van der Waals surface area contributed by atoms with Gasteiger partial charge in [0.2, 0.25) is 0 Å². The van der Waals surface area contributed by atoms with Crippen LogP contribution in [0.1, 0.15) is 40.5 Å². The molecule has 1 heterocycles. The van der Waals surface area contributed by atoms with E-state index in [0.717, 1.165) is 12.5 Å². The zero-order chi connectivity index (χ0) is 22.4. The third-order valence-corrected chi connectivity index (χ3v) is 4.65. The lowest BCUT2D eigenvalue weighted by Crippen LogP contribution is -2.62. The Bertz CT molecular complexity index is 601. The number of carbonyl (C=O) groups is 2. The number of esters is 2. The number of allylic oxidation sites excluding steroid dienone is 2. The molecule has 0 spiro atoms. The molecule has 1 rings (SSSR count). The van der Waals surface area contributed by atoms with Gasteiger partial charge in [-0.15, -0.1) is 0 Å². The van der Waals surface area contributed by atoms with Gasteiger partial charge in [-0.1, -0.05) is 24.8 Å². The summed E-state index contributed by atoms with van der Waals surface area (Å²) in [6, 6.07) is 0. The molecule has 0 saturated carbocycles. The van der Waals surface area contributed by atoms with Crippen molar-refractivity contribution in [2.24, 2.45) is 0 Å². The van der Waals surface area contributed by atoms with Gasteiger partial charge >= 0.3 is 11.9 Å². The molecule has 166 valence electrons. The molecule has 29 heavy (non-hydrogen) atoms. The normalized spacial score (nSPS) is 28.3. The summed E-state index contributed by atoms with van der Waals surface area (Å²) in [6.45, 7) is 12.6. The van der Waals surface area contributed by atoms with Gasteiger partial charge in [0.15, 0.2) is 12.4 Å². The third-order valence-electron chi connectivity index (χ3n) is 4.65. The molecule has 1 aliphatic rings. The van der Waals surface area contributed by atoms with E-state index in [2.05, 4.69) is 13.2 Å². The van der Waals surface area contributed by atoms with Gasteiger partial charge in [0.1, 0.15) is 30.0 Å². The van der Waals surface area contributed by atoms with E-state index in [1.54, 1.807) is 19.9 Å². The SMILES string of the molecule is C=CC(=C)CC[C@@H](OC(C)=O)C(C)(C)O[C@@H]1O[C@H](CO)[C@@H](O)[C@H](O)[C@H]1OC(C)=O. The van der Waals surface area contributed by atoms with Crippen LogP contribution in [-0.2, 0) is 28.5 Å². The van der Waals surface area contributed by atoms with Crippen molar-refractivity contribution in [3.8, 4) is 0 Å². The van der Waals surface area contributed by atoms with E-state index in [1.807, 2.05) is 0 Å². The summed E-state index contributed by atoms with van der Waals surface area (Å²) in [5.41, 5.74) is -0.387. The summed E-state index contributed by atoms with van der Waals surface area (Å²) in [5.74, 6) is -1.22. The predicted molar refractivity (Wildman–Crippen MR) is 103 cm³/mol. The molecule has 1 fully saturated rings. The van der Waals surface area contributed by atoms with Crippen molar-refractivity contribution in [3.05, 3.63) is 24.8 Å². The maximum absolute atomic E-state index is 11.6. The zero-order valence-electron chi connectivity index (χ0n) is 17.4. The van der Waals surface area contributed by atoms with Crippen molar-refractivity contribution in [2.75, 3.05) is 6.61 Å². The van der Waals surface area contributed by atoms with Gasteiger partial charge < -0.3 is 34.3 Å². The first-order valence-electron chi connectivity index (χ1n) is 9.37. The second-order valence-electron chi connectivity index (χ2n) is 7.50. The molecule has 9 nitrogen and oxygen atoms in total. The van der Waals surface area contributed by atoms with Crippen LogP contribution in [0.3, 0.4) is 0 Å². The Labute approximate surface area is 170 Å². The topological polar surface area (TPSA) is 132 Å². The Balaban J connectivity index is 3.08. The van der Waals surface area contributed by atoms with Crippen molar-refractivity contribution >= 4 is 11.9 Å². The smallest absolute Gasteiger partial charge is 0.303 e. The molecular weight excluding hydrogens is 384 g/mol. The van der Waals surface area contributed by atoms with E-state index in [0.29, 0.717) is 12.8 Å². The van der Waals surface area contributed by atoms with E-state index in [-0.39, 0.29) is 0 Å². The van der Waals surface area contributed by atoms with Gasteiger partial charge in [-0.05, 0) is 26.7 Å². The third kappa shape index (κ3) is 7.20. The van der Waals surface area contributed by atoms with E-state index in [1.165, 1.54) is 6.92 Å². The molecule has 0 bridgehead atoms. The van der Waals surface area contributed by atoms with Crippen molar-refractivity contribution < 1.29 is 43.9 Å². The quantitative estimate of drug-likeness (QED) is 0.346. The minimum absolute atomic E-state index is 0.372. The molecule has 0 amide bonds. The van der Waals surface area contributed by atoms with Crippen molar-refractivity contribution in [1.29, 1.82) is 0 Å². The number of ether oxygens (including phenoxy) is 4. The second kappa shape index (κ2) is 10.8. The van der Waals surface area contributed by atoms with Crippen LogP contribution in [0.25, 0.3) is 0 Å². The summed E-state index contributed by atoms with van der Waals surface area (Å²) in [6.07, 6.45) is -5.09. The summed E-state index contributed by atoms with van der Waals surface area (Å²) in [4.78, 5) is 23.0. The van der Waals surface area contributed by atoms with E-state index < -0.39 is 61.0 Å². The standard InChI is InChI=1S/C20H32O9/c1-7-11(2)8-9-15(26-12(3)22)20(5,6)29-19-18(27-13(4)23)17(25)16(24)14(10-21)28-19/h7,14-19,21,24-25H,1-2,8-10H2,3-6H3/t14-,15-,16-,17+,18-,19+/m1/s1. The molecule has 0 aromatic heterocycles. The highest BCUT2D eigenvalue weighted by molar-refractivity contribution is 5.66. The number of carbonyl (C=O) groups excluding carboxylic acids is 2. The molecule has 0 aromatic carbocycles. The number of aliphatic hydroxyl groups excluding tert-OH is 3. The molecule has 9 heteroatoms. The summed E-state index contributed by atoms with van der Waals surface area (Å²) in [7, 11) is 0. The Kier molecular flexibility index (Phi) is 9.44. The minimum Gasteiger partial charge on any atom is -0.459 e. The highest BCUT2D eigenvalue weighted by atomic mass is 16.7. The van der Waals surface area contributed by atoms with Crippen LogP contribution < -0.4 is 0 Å². The van der Waals surface area contributed by atoms with Gasteiger partial charge in [-0.25, -0.2) is 0 Å². The van der Waals surface area contributed by atoms with Crippen LogP contribution in [0.15, 0.2) is 24.8 Å². The van der Waals surface area contributed by atoms with Crippen LogP contribution in [0.5, 0.6) is 0 Å². The minimum atomic E-state index is -1.54. The first kappa shape index (κ1) is 25.3. The zero-order valence-corrected chi connectivity index (χ0v) is 17.4. The highest BCUT2D eigenvalue weighted by Gasteiger charge is 2.49. The first-order valence-corrected chi connectivity index (χ1v) is 9.37. The van der Waals surface area contributed by atoms with Crippen LogP contribution >= 0.6 is 0 Å². The number of rotatable bonds is 10. The molecule has 0 radical (unpaired) electrons. The van der Waals surface area contributed by atoms with Gasteiger partial charge in [0, 0.05) is 13.8 Å². The van der Waals surface area contributed by atoms with Gasteiger partial charge in [-0.3, -0.25) is 9.59 Å². The predicted octanol–water partition coefficient (Wildman–Crippen LogP) is 0.606. The fraction of sp³-hybridized carbons (Fsp3) is 0.700. The molecule has 1 aliphatic heterocycles. The average Bonchev–Trinajstić information content (AvgIpc) is 2.63. The van der Waals surface area contributed by atoms with E-state index in [9.17, 15) is 24.9 Å². The summed E-state index contributed by atoms with van der Waals surface area (Å²) in [5, 5.41) is 29.8. The maximum Gasteiger partial charge on any atom is 0.303 e. The monoisotopic (exact) mass is 416 g/mol. The van der Waals surface area contributed by atoms with Crippen LogP contribution in [-0.4, -0.2) is 76.3 Å². The molecule has 0 aromatic rings. The average molecular weight is 416 g/mol. The lowest BCUT2D eigenvalue weighted by atomic mass is 9.94. The fourth-order valence-corrected chi connectivity index (χ4v) is 3.01. The largest absolute Gasteiger partial charge is 0.459 e. The fourth-order valence-electron chi connectivity index (χ4n) is 3.01. The molecule has 6 atom stereocenters. The van der Waals surface area contributed by atoms with E-state index >= 15 is 0 Å². The Hall–Kier alpha value is -1.78. The van der Waals surface area contributed by atoms with E-state index in [4.69, 9.17) is 18.9 Å². The summed E-state index contributed by atoms with van der Waals surface area (Å²) >= 11 is 0. The van der Waals surface area contributed by atoms with Gasteiger partial charge in [0.25, 0.3) is 0 Å². The summed E-state index contributed by atoms with van der Waals surface area (Å²) < 4.78 is 22.0. The molecular formula is C20H32O9.